The topological polar surface area (TPSA) is 15.3 Å². The zero-order valence-electron chi connectivity index (χ0n) is 12.9. The van der Waals surface area contributed by atoms with Crippen molar-refractivity contribution in [2.75, 3.05) is 13.1 Å². The van der Waals surface area contributed by atoms with Crippen LogP contribution >= 0.6 is 0 Å². The van der Waals surface area contributed by atoms with Gasteiger partial charge in [-0.2, -0.15) is 0 Å². The molecule has 1 aliphatic rings. The maximum absolute atomic E-state index is 3.67. The van der Waals surface area contributed by atoms with Crippen molar-refractivity contribution in [3.8, 4) is 0 Å². The summed E-state index contributed by atoms with van der Waals surface area (Å²) in [4.78, 5) is 2.67. The van der Waals surface area contributed by atoms with Gasteiger partial charge in [-0.3, -0.25) is 4.90 Å². The molecule has 1 aliphatic heterocycles. The number of nitrogens with zero attached hydrogens (tertiary/aromatic N) is 1. The molecule has 106 valence electrons. The fourth-order valence-corrected chi connectivity index (χ4v) is 3.00. The fraction of sp³-hybridized carbons (Fsp3) is 0.647. The van der Waals surface area contributed by atoms with Crippen LogP contribution in [0.2, 0.25) is 0 Å². The molecule has 2 unspecified atom stereocenters. The van der Waals surface area contributed by atoms with Crippen LogP contribution in [0.4, 0.5) is 0 Å². The Morgan fingerprint density at radius 2 is 2.00 bits per heavy atom. The van der Waals surface area contributed by atoms with Gasteiger partial charge in [-0.1, -0.05) is 32.0 Å². The first-order valence-corrected chi connectivity index (χ1v) is 7.68. The first kappa shape index (κ1) is 14.5. The van der Waals surface area contributed by atoms with E-state index in [0.717, 1.165) is 13.1 Å². The van der Waals surface area contributed by atoms with Crippen molar-refractivity contribution < 1.29 is 0 Å². The molecule has 2 nitrogen and oxygen atoms in total. The molecular weight excluding hydrogens is 232 g/mol. The quantitative estimate of drug-likeness (QED) is 0.894. The Morgan fingerprint density at radius 1 is 1.21 bits per heavy atom. The summed E-state index contributed by atoms with van der Waals surface area (Å²) in [7, 11) is 0. The minimum atomic E-state index is 0.660. The number of benzene rings is 1. The molecule has 1 N–H and O–H groups in total. The molecule has 19 heavy (non-hydrogen) atoms. The normalized spacial score (nSPS) is 24.6. The van der Waals surface area contributed by atoms with Crippen molar-refractivity contribution in [1.29, 1.82) is 0 Å². The van der Waals surface area contributed by atoms with Gasteiger partial charge in [0.15, 0.2) is 0 Å². The lowest BCUT2D eigenvalue weighted by atomic mass is 10.00. The Bertz CT molecular complexity index is 414. The summed E-state index contributed by atoms with van der Waals surface area (Å²) in [6, 6.07) is 8.04. The van der Waals surface area contributed by atoms with Gasteiger partial charge in [0.2, 0.25) is 0 Å². The van der Waals surface area contributed by atoms with E-state index in [1.165, 1.54) is 36.1 Å². The molecule has 0 aliphatic carbocycles. The maximum Gasteiger partial charge on any atom is 0.0240 e. The highest BCUT2D eigenvalue weighted by Gasteiger charge is 2.25. The van der Waals surface area contributed by atoms with Gasteiger partial charge in [0.05, 0.1) is 0 Å². The fourth-order valence-electron chi connectivity index (χ4n) is 3.00. The lowest BCUT2D eigenvalue weighted by molar-refractivity contribution is 0.117. The molecule has 2 rings (SSSR count). The number of piperazine rings is 1. The molecule has 2 atom stereocenters. The molecule has 2 heteroatoms. The van der Waals surface area contributed by atoms with Crippen molar-refractivity contribution in [1.82, 2.24) is 10.2 Å². The Kier molecular flexibility index (Phi) is 5.00. The van der Waals surface area contributed by atoms with Crippen LogP contribution in [0.5, 0.6) is 0 Å². The second-order valence-electron chi connectivity index (χ2n) is 5.86. The number of aryl methyl sites for hydroxylation is 1. The van der Waals surface area contributed by atoms with Crippen molar-refractivity contribution in [3.05, 3.63) is 34.9 Å². The van der Waals surface area contributed by atoms with E-state index in [4.69, 9.17) is 0 Å². The largest absolute Gasteiger partial charge is 0.311 e. The molecule has 0 saturated carbocycles. The third-order valence-corrected chi connectivity index (χ3v) is 4.67. The maximum atomic E-state index is 3.67. The number of nitrogens with one attached hydrogen (secondary N) is 1. The zero-order valence-corrected chi connectivity index (χ0v) is 12.9. The zero-order chi connectivity index (χ0) is 13.8. The second-order valence-corrected chi connectivity index (χ2v) is 5.86. The molecule has 0 aromatic heterocycles. The predicted molar refractivity (Wildman–Crippen MR) is 82.5 cm³/mol. The minimum absolute atomic E-state index is 0.660. The highest BCUT2D eigenvalue weighted by Crippen LogP contribution is 2.19. The van der Waals surface area contributed by atoms with Crippen LogP contribution in [0.1, 0.15) is 43.4 Å². The van der Waals surface area contributed by atoms with E-state index in [1.54, 1.807) is 0 Å². The van der Waals surface area contributed by atoms with Gasteiger partial charge in [-0.15, -0.1) is 0 Å². The first-order valence-electron chi connectivity index (χ1n) is 7.68. The van der Waals surface area contributed by atoms with Crippen LogP contribution < -0.4 is 5.32 Å². The number of rotatable bonds is 4. The molecule has 1 aromatic rings. The average Bonchev–Trinajstić information content (AvgIpc) is 2.43. The first-order chi connectivity index (χ1) is 9.15. The van der Waals surface area contributed by atoms with Crippen LogP contribution in [-0.4, -0.2) is 30.1 Å². The lowest BCUT2D eigenvalue weighted by Gasteiger charge is -2.40. The van der Waals surface area contributed by atoms with Crippen molar-refractivity contribution in [3.63, 3.8) is 0 Å². The van der Waals surface area contributed by atoms with E-state index < -0.39 is 0 Å². The molecule has 1 saturated heterocycles. The van der Waals surface area contributed by atoms with Gasteiger partial charge in [0, 0.05) is 31.7 Å². The van der Waals surface area contributed by atoms with Gasteiger partial charge in [-0.25, -0.2) is 0 Å². The van der Waals surface area contributed by atoms with E-state index in [1.807, 2.05) is 0 Å². The number of hydrogen-bond donors (Lipinski definition) is 1. The van der Waals surface area contributed by atoms with E-state index in [9.17, 15) is 0 Å². The molecule has 0 amide bonds. The summed E-state index contributed by atoms with van der Waals surface area (Å²) in [5.41, 5.74) is 4.37. The summed E-state index contributed by atoms with van der Waals surface area (Å²) >= 11 is 0. The molecule has 0 radical (unpaired) electrons. The second kappa shape index (κ2) is 6.53. The molecule has 0 bridgehead atoms. The van der Waals surface area contributed by atoms with E-state index >= 15 is 0 Å². The van der Waals surface area contributed by atoms with Gasteiger partial charge in [-0.05, 0) is 43.4 Å². The van der Waals surface area contributed by atoms with Gasteiger partial charge in [0.25, 0.3) is 0 Å². The van der Waals surface area contributed by atoms with Crippen LogP contribution in [-0.2, 0) is 6.54 Å². The summed E-state index contributed by atoms with van der Waals surface area (Å²) in [5, 5.41) is 3.67. The van der Waals surface area contributed by atoms with Crippen LogP contribution in [0, 0.1) is 13.8 Å². The molecule has 1 fully saturated rings. The van der Waals surface area contributed by atoms with Crippen molar-refractivity contribution >= 4 is 0 Å². The van der Waals surface area contributed by atoms with Crippen molar-refractivity contribution in [2.45, 2.75) is 59.2 Å². The highest BCUT2D eigenvalue weighted by molar-refractivity contribution is 5.33. The monoisotopic (exact) mass is 260 g/mol. The van der Waals surface area contributed by atoms with Gasteiger partial charge in [0.1, 0.15) is 0 Å². The Hall–Kier alpha value is -0.860. The summed E-state index contributed by atoms with van der Waals surface area (Å²) in [6.07, 6.45) is 2.45. The summed E-state index contributed by atoms with van der Waals surface area (Å²) < 4.78 is 0. The molecular formula is C17H28N2. The van der Waals surface area contributed by atoms with Crippen LogP contribution in [0.3, 0.4) is 0 Å². The third kappa shape index (κ3) is 3.37. The Balaban J connectivity index is 2.12. The smallest absolute Gasteiger partial charge is 0.0240 e. The molecule has 1 aromatic carbocycles. The summed E-state index contributed by atoms with van der Waals surface area (Å²) in [5.74, 6) is 0. The molecule has 1 heterocycles. The highest BCUT2D eigenvalue weighted by atomic mass is 15.2. The standard InChI is InChI=1S/C17H28N2/c1-5-16-12-19(17(6-2)10-18-16)11-15-9-7-8-13(3)14(15)4/h7-9,16-18H,5-6,10-12H2,1-4H3. The number of hydrogen-bond acceptors (Lipinski definition) is 2. The lowest BCUT2D eigenvalue weighted by Crippen LogP contribution is -2.55. The summed E-state index contributed by atoms with van der Waals surface area (Å²) in [6.45, 7) is 12.5. The van der Waals surface area contributed by atoms with Crippen molar-refractivity contribution in [2.24, 2.45) is 0 Å². The minimum Gasteiger partial charge on any atom is -0.311 e. The van der Waals surface area contributed by atoms with Gasteiger partial charge < -0.3 is 5.32 Å². The predicted octanol–water partition coefficient (Wildman–Crippen LogP) is 3.27. The average molecular weight is 260 g/mol. The molecule has 0 spiro atoms. The van der Waals surface area contributed by atoms with Crippen LogP contribution in [0.25, 0.3) is 0 Å². The Labute approximate surface area is 118 Å². The van der Waals surface area contributed by atoms with E-state index in [-0.39, 0.29) is 0 Å². The van der Waals surface area contributed by atoms with Gasteiger partial charge >= 0.3 is 0 Å². The van der Waals surface area contributed by atoms with E-state index in [2.05, 4.69) is 56.1 Å². The van der Waals surface area contributed by atoms with E-state index in [0.29, 0.717) is 12.1 Å². The third-order valence-electron chi connectivity index (χ3n) is 4.67. The van der Waals surface area contributed by atoms with Crippen LogP contribution in [0.15, 0.2) is 18.2 Å². The SMILES string of the molecule is CCC1CN(Cc2cccc(C)c2C)C(CC)CN1. The Morgan fingerprint density at radius 3 is 2.68 bits per heavy atom.